The molecule has 4 atom stereocenters. The summed E-state index contributed by atoms with van der Waals surface area (Å²) in [5.41, 5.74) is 2.00. The van der Waals surface area contributed by atoms with Gasteiger partial charge in [-0.2, -0.15) is 5.10 Å². The molecule has 0 unspecified atom stereocenters. The number of ketones is 1. The Hall–Kier alpha value is -3.35. The van der Waals surface area contributed by atoms with Gasteiger partial charge in [-0.25, -0.2) is 4.39 Å². The molecule has 2 aromatic carbocycles. The largest absolute Gasteiger partial charge is 0.296 e. The van der Waals surface area contributed by atoms with Crippen LogP contribution in [0.2, 0.25) is 0 Å². The third kappa shape index (κ3) is 2.17. The number of carbonyl (C=O) groups is 3. The fourth-order valence-corrected chi connectivity index (χ4v) is 4.37. The van der Waals surface area contributed by atoms with E-state index in [2.05, 4.69) is 10.4 Å². The Labute approximate surface area is 153 Å². The van der Waals surface area contributed by atoms with Crippen LogP contribution in [0.4, 0.5) is 4.39 Å². The second-order valence-corrected chi connectivity index (χ2v) is 6.92. The molecule has 1 N–H and O–H groups in total. The standard InChI is InChI=1S/C20H14FN3O3/c21-12-7-5-10(6-8-12)18(25)17-15-14(19(26)23-20(15)27)16-13-4-2-1-3-11(13)9-22-24(16)17/h1-9,14-17H,(H,23,26,27)/t14-,15-,16-,17+/m1/s1. The topological polar surface area (TPSA) is 78.8 Å². The number of hydrogen-bond donors (Lipinski definition) is 1. The number of amides is 2. The van der Waals surface area contributed by atoms with Crippen molar-refractivity contribution in [1.82, 2.24) is 10.3 Å². The van der Waals surface area contributed by atoms with Crippen LogP contribution in [0.5, 0.6) is 0 Å². The molecule has 0 spiro atoms. The van der Waals surface area contributed by atoms with Gasteiger partial charge >= 0.3 is 0 Å². The van der Waals surface area contributed by atoms with Crippen molar-refractivity contribution >= 4 is 23.8 Å². The minimum atomic E-state index is -0.915. The van der Waals surface area contributed by atoms with Crippen LogP contribution in [-0.4, -0.2) is 34.9 Å². The lowest BCUT2D eigenvalue weighted by atomic mass is 9.83. The smallest absolute Gasteiger partial charge is 0.233 e. The van der Waals surface area contributed by atoms with E-state index < -0.39 is 35.6 Å². The van der Waals surface area contributed by atoms with Gasteiger partial charge in [0.25, 0.3) is 0 Å². The molecule has 134 valence electrons. The molecule has 0 saturated carbocycles. The summed E-state index contributed by atoms with van der Waals surface area (Å²) in [6.07, 6.45) is 1.64. The summed E-state index contributed by atoms with van der Waals surface area (Å²) < 4.78 is 13.2. The van der Waals surface area contributed by atoms with Gasteiger partial charge in [-0.1, -0.05) is 24.3 Å². The number of hydrazone groups is 1. The summed E-state index contributed by atoms with van der Waals surface area (Å²) in [5, 5.41) is 8.34. The zero-order chi connectivity index (χ0) is 18.7. The van der Waals surface area contributed by atoms with E-state index in [0.29, 0.717) is 0 Å². The molecule has 6 nitrogen and oxygen atoms in total. The highest BCUT2D eigenvalue weighted by Crippen LogP contribution is 2.50. The SMILES string of the molecule is O=C1NC(=O)[C@@H]2[C@@H]1[C@@H](C(=O)c1ccc(F)cc1)N1N=Cc3ccccc3[C@H]21. The van der Waals surface area contributed by atoms with Crippen molar-refractivity contribution in [3.05, 3.63) is 71.0 Å². The zero-order valence-electron chi connectivity index (χ0n) is 14.0. The van der Waals surface area contributed by atoms with Crippen LogP contribution in [0.1, 0.15) is 27.5 Å². The molecule has 3 aliphatic rings. The fraction of sp³-hybridized carbons (Fsp3) is 0.200. The van der Waals surface area contributed by atoms with E-state index in [1.807, 2.05) is 24.3 Å². The van der Waals surface area contributed by atoms with Crippen LogP contribution >= 0.6 is 0 Å². The summed E-state index contributed by atoms with van der Waals surface area (Å²) in [7, 11) is 0. The van der Waals surface area contributed by atoms with Crippen LogP contribution < -0.4 is 5.32 Å². The second-order valence-electron chi connectivity index (χ2n) is 6.92. The molecule has 5 rings (SSSR count). The maximum Gasteiger partial charge on any atom is 0.233 e. The lowest BCUT2D eigenvalue weighted by Gasteiger charge is -2.32. The molecule has 27 heavy (non-hydrogen) atoms. The Balaban J connectivity index is 1.64. The number of hydrogen-bond acceptors (Lipinski definition) is 5. The summed E-state index contributed by atoms with van der Waals surface area (Å²) >= 11 is 0. The number of benzene rings is 2. The molecule has 0 aliphatic carbocycles. The van der Waals surface area contributed by atoms with Crippen molar-refractivity contribution in [1.29, 1.82) is 0 Å². The van der Waals surface area contributed by atoms with E-state index in [1.165, 1.54) is 24.3 Å². The van der Waals surface area contributed by atoms with Gasteiger partial charge < -0.3 is 0 Å². The molecule has 0 aromatic heterocycles. The molecule has 3 heterocycles. The first-order chi connectivity index (χ1) is 13.1. The first-order valence-electron chi connectivity index (χ1n) is 8.62. The van der Waals surface area contributed by atoms with Crippen molar-refractivity contribution in [2.45, 2.75) is 12.1 Å². The van der Waals surface area contributed by atoms with Crippen LogP contribution in [0.15, 0.2) is 53.6 Å². The number of Topliss-reactive ketones (excluding diaryl/α,β-unsaturated/α-hetero) is 1. The fourth-order valence-electron chi connectivity index (χ4n) is 4.37. The third-order valence-electron chi connectivity index (χ3n) is 5.53. The normalized spacial score (nSPS) is 27.8. The maximum absolute atomic E-state index is 13.2. The highest BCUT2D eigenvalue weighted by atomic mass is 19.1. The van der Waals surface area contributed by atoms with E-state index in [-0.39, 0.29) is 17.3 Å². The van der Waals surface area contributed by atoms with Crippen LogP contribution in [0, 0.1) is 17.7 Å². The molecular weight excluding hydrogens is 349 g/mol. The number of rotatable bonds is 2. The van der Waals surface area contributed by atoms with Gasteiger partial charge in [-0.15, -0.1) is 0 Å². The van der Waals surface area contributed by atoms with Crippen molar-refractivity contribution in [2.24, 2.45) is 16.9 Å². The van der Waals surface area contributed by atoms with E-state index in [1.54, 1.807) is 11.2 Å². The summed E-state index contributed by atoms with van der Waals surface area (Å²) in [6.45, 7) is 0. The van der Waals surface area contributed by atoms with Gasteiger partial charge in [0.1, 0.15) is 11.9 Å². The average molecular weight is 363 g/mol. The summed E-state index contributed by atoms with van der Waals surface area (Å²) in [4.78, 5) is 38.2. The van der Waals surface area contributed by atoms with Gasteiger partial charge in [0.05, 0.1) is 24.1 Å². The lowest BCUT2D eigenvalue weighted by Crippen LogP contribution is -2.43. The molecule has 2 fully saturated rings. The van der Waals surface area contributed by atoms with E-state index in [0.717, 1.165) is 11.1 Å². The monoisotopic (exact) mass is 363 g/mol. The van der Waals surface area contributed by atoms with Crippen molar-refractivity contribution < 1.29 is 18.8 Å². The Morgan fingerprint density at radius 3 is 2.48 bits per heavy atom. The number of carbonyl (C=O) groups excluding carboxylic acids is 3. The van der Waals surface area contributed by atoms with Crippen molar-refractivity contribution in [3.63, 3.8) is 0 Å². The number of nitrogens with zero attached hydrogens (tertiary/aromatic N) is 2. The van der Waals surface area contributed by atoms with Gasteiger partial charge in [0, 0.05) is 5.56 Å². The highest BCUT2D eigenvalue weighted by molar-refractivity contribution is 6.12. The molecule has 0 radical (unpaired) electrons. The van der Waals surface area contributed by atoms with Crippen LogP contribution in [0.25, 0.3) is 0 Å². The minimum absolute atomic E-state index is 0.280. The van der Waals surface area contributed by atoms with Crippen LogP contribution in [0.3, 0.4) is 0 Å². The molecule has 3 aliphatic heterocycles. The van der Waals surface area contributed by atoms with Crippen molar-refractivity contribution in [3.8, 4) is 0 Å². The minimum Gasteiger partial charge on any atom is -0.296 e. The molecule has 2 aromatic rings. The third-order valence-corrected chi connectivity index (χ3v) is 5.53. The molecule has 2 saturated heterocycles. The predicted molar refractivity (Wildman–Crippen MR) is 93.3 cm³/mol. The first-order valence-corrected chi connectivity index (χ1v) is 8.62. The molecule has 2 amide bonds. The maximum atomic E-state index is 13.2. The molecule has 0 bridgehead atoms. The van der Waals surface area contributed by atoms with E-state index in [9.17, 15) is 18.8 Å². The number of imide groups is 1. The van der Waals surface area contributed by atoms with Gasteiger partial charge in [0.2, 0.25) is 11.8 Å². The second kappa shape index (κ2) is 5.57. The highest BCUT2D eigenvalue weighted by Gasteiger charge is 2.62. The first kappa shape index (κ1) is 15.9. The Kier molecular flexibility index (Phi) is 3.28. The zero-order valence-corrected chi connectivity index (χ0v) is 14.0. The van der Waals surface area contributed by atoms with Gasteiger partial charge in [-0.3, -0.25) is 24.7 Å². The number of fused-ring (bicyclic) bond motifs is 5. The molecule has 7 heteroatoms. The van der Waals surface area contributed by atoms with Crippen LogP contribution in [-0.2, 0) is 9.59 Å². The Morgan fingerprint density at radius 1 is 1.00 bits per heavy atom. The summed E-state index contributed by atoms with van der Waals surface area (Å²) in [5.74, 6) is -3.18. The van der Waals surface area contributed by atoms with E-state index in [4.69, 9.17) is 0 Å². The molecular formula is C20H14FN3O3. The number of nitrogens with one attached hydrogen (secondary N) is 1. The van der Waals surface area contributed by atoms with Crippen molar-refractivity contribution in [2.75, 3.05) is 0 Å². The summed E-state index contributed by atoms with van der Waals surface area (Å²) in [6, 6.07) is 11.3. The van der Waals surface area contributed by atoms with Gasteiger partial charge in [-0.05, 0) is 35.4 Å². The van der Waals surface area contributed by atoms with Gasteiger partial charge in [0.15, 0.2) is 5.78 Å². The number of halogens is 1. The quantitative estimate of drug-likeness (QED) is 0.650. The average Bonchev–Trinajstić information content (AvgIpc) is 3.17. The van der Waals surface area contributed by atoms with E-state index >= 15 is 0 Å². The predicted octanol–water partition coefficient (Wildman–Crippen LogP) is 1.67. The lowest BCUT2D eigenvalue weighted by molar-refractivity contribution is -0.127. The Bertz CT molecular complexity index is 1020. The Morgan fingerprint density at radius 2 is 1.70 bits per heavy atom.